The van der Waals surface area contributed by atoms with Crippen LogP contribution in [0.5, 0.6) is 5.75 Å². The fraction of sp³-hybridized carbons (Fsp3) is 0.412. The summed E-state index contributed by atoms with van der Waals surface area (Å²) in [4.78, 5) is 24.1. The Morgan fingerprint density at radius 2 is 2.12 bits per heavy atom. The van der Waals surface area contributed by atoms with Gasteiger partial charge in [-0.25, -0.2) is 0 Å². The van der Waals surface area contributed by atoms with Gasteiger partial charge in [0, 0.05) is 11.5 Å². The first-order chi connectivity index (χ1) is 12.1. The number of nitrogens with one attached hydrogen (secondary N) is 2. The molecule has 8 heteroatoms. The molecule has 2 aromatic rings. The standard InChI is InChI=1S/C17H20N4O3S/c1-10(18-15(23)11-5-3-6-11)14(22)19-17-21-20-16(25-17)12-7-4-8-13(9-12)24-2/h4,7-11H,3,5-6H2,1-2H3,(H,18,23)(H,19,21,22)/t10-/m0/s1. The molecule has 25 heavy (non-hydrogen) atoms. The second-order valence-corrected chi connectivity index (χ2v) is 6.97. The fourth-order valence-electron chi connectivity index (χ4n) is 2.43. The zero-order valence-corrected chi connectivity index (χ0v) is 14.9. The van der Waals surface area contributed by atoms with E-state index in [1.807, 2.05) is 24.3 Å². The molecular weight excluding hydrogens is 340 g/mol. The van der Waals surface area contributed by atoms with Gasteiger partial charge in [-0.3, -0.25) is 14.9 Å². The normalized spacial score (nSPS) is 15.1. The smallest absolute Gasteiger partial charge is 0.248 e. The van der Waals surface area contributed by atoms with Crippen molar-refractivity contribution in [2.24, 2.45) is 5.92 Å². The summed E-state index contributed by atoms with van der Waals surface area (Å²) in [5.41, 5.74) is 0.865. The van der Waals surface area contributed by atoms with Crippen molar-refractivity contribution >= 4 is 28.3 Å². The van der Waals surface area contributed by atoms with Crippen LogP contribution in [0.15, 0.2) is 24.3 Å². The Balaban J connectivity index is 1.60. The van der Waals surface area contributed by atoms with Crippen LogP contribution in [0.2, 0.25) is 0 Å². The van der Waals surface area contributed by atoms with Gasteiger partial charge in [-0.05, 0) is 31.9 Å². The second kappa shape index (κ2) is 7.60. The van der Waals surface area contributed by atoms with Gasteiger partial charge in [0.25, 0.3) is 0 Å². The highest BCUT2D eigenvalue weighted by Gasteiger charge is 2.27. The number of rotatable bonds is 6. The Kier molecular flexibility index (Phi) is 5.28. The van der Waals surface area contributed by atoms with Gasteiger partial charge in [0.05, 0.1) is 7.11 Å². The Bertz CT molecular complexity index is 773. The Hall–Kier alpha value is -2.48. The summed E-state index contributed by atoms with van der Waals surface area (Å²) in [7, 11) is 1.60. The summed E-state index contributed by atoms with van der Waals surface area (Å²) in [6, 6.07) is 6.85. The van der Waals surface area contributed by atoms with Crippen molar-refractivity contribution in [2.45, 2.75) is 32.2 Å². The molecule has 0 unspecified atom stereocenters. The number of carbonyl (C=O) groups is 2. The average Bonchev–Trinajstić information content (AvgIpc) is 3.01. The van der Waals surface area contributed by atoms with Gasteiger partial charge in [0.1, 0.15) is 16.8 Å². The van der Waals surface area contributed by atoms with Crippen molar-refractivity contribution in [1.82, 2.24) is 15.5 Å². The van der Waals surface area contributed by atoms with Crippen LogP contribution >= 0.6 is 11.3 Å². The van der Waals surface area contributed by atoms with Crippen LogP contribution in [0.25, 0.3) is 10.6 Å². The number of aromatic nitrogens is 2. The molecular formula is C17H20N4O3S. The van der Waals surface area contributed by atoms with Gasteiger partial charge < -0.3 is 10.1 Å². The third kappa shape index (κ3) is 4.14. The maximum Gasteiger partial charge on any atom is 0.248 e. The molecule has 1 fully saturated rings. The third-order valence-electron chi connectivity index (χ3n) is 4.20. The van der Waals surface area contributed by atoms with Crippen LogP contribution in [0, 0.1) is 5.92 Å². The highest BCUT2D eigenvalue weighted by atomic mass is 32.1. The zero-order valence-electron chi connectivity index (χ0n) is 14.1. The molecule has 0 saturated heterocycles. The minimum absolute atomic E-state index is 0.0523. The minimum Gasteiger partial charge on any atom is -0.497 e. The maximum absolute atomic E-state index is 12.2. The molecule has 1 heterocycles. The van der Waals surface area contributed by atoms with Gasteiger partial charge in [0.15, 0.2) is 0 Å². The second-order valence-electron chi connectivity index (χ2n) is 5.99. The summed E-state index contributed by atoms with van der Waals surface area (Å²) in [6.07, 6.45) is 2.89. The van der Waals surface area contributed by atoms with Gasteiger partial charge in [0.2, 0.25) is 16.9 Å². The SMILES string of the molecule is COc1cccc(-c2nnc(NC(=O)[C@H](C)NC(=O)C3CCC3)s2)c1. The molecule has 1 aromatic heterocycles. The van der Waals surface area contributed by atoms with Gasteiger partial charge in [-0.1, -0.05) is 29.9 Å². The van der Waals surface area contributed by atoms with E-state index in [1.165, 1.54) is 11.3 Å². The Morgan fingerprint density at radius 1 is 1.32 bits per heavy atom. The van der Waals surface area contributed by atoms with E-state index in [1.54, 1.807) is 14.0 Å². The number of benzene rings is 1. The van der Waals surface area contributed by atoms with Crippen LogP contribution in [-0.4, -0.2) is 35.2 Å². The summed E-state index contributed by atoms with van der Waals surface area (Å²) < 4.78 is 5.20. The molecule has 0 aliphatic heterocycles. The number of hydrogen-bond acceptors (Lipinski definition) is 6. The lowest BCUT2D eigenvalue weighted by molar-refractivity contribution is -0.130. The molecule has 0 radical (unpaired) electrons. The topological polar surface area (TPSA) is 93.2 Å². The molecule has 1 aliphatic rings. The summed E-state index contributed by atoms with van der Waals surface area (Å²) in [5, 5.41) is 14.6. The lowest BCUT2D eigenvalue weighted by Crippen LogP contribution is -2.45. The molecule has 7 nitrogen and oxygen atoms in total. The molecule has 1 aromatic carbocycles. The first-order valence-electron chi connectivity index (χ1n) is 8.16. The van der Waals surface area contributed by atoms with Crippen molar-refractivity contribution in [1.29, 1.82) is 0 Å². The van der Waals surface area contributed by atoms with E-state index >= 15 is 0 Å². The molecule has 1 saturated carbocycles. The van der Waals surface area contributed by atoms with Crippen molar-refractivity contribution in [3.8, 4) is 16.3 Å². The van der Waals surface area contributed by atoms with E-state index in [2.05, 4.69) is 20.8 Å². The van der Waals surface area contributed by atoms with E-state index in [9.17, 15) is 9.59 Å². The Labute approximate surface area is 149 Å². The molecule has 132 valence electrons. The molecule has 2 N–H and O–H groups in total. The van der Waals surface area contributed by atoms with Crippen molar-refractivity contribution in [3.63, 3.8) is 0 Å². The predicted molar refractivity (Wildman–Crippen MR) is 95.5 cm³/mol. The number of ether oxygens (including phenoxy) is 1. The first-order valence-corrected chi connectivity index (χ1v) is 8.97. The lowest BCUT2D eigenvalue weighted by Gasteiger charge is -2.25. The van der Waals surface area contributed by atoms with E-state index < -0.39 is 6.04 Å². The van der Waals surface area contributed by atoms with E-state index in [4.69, 9.17) is 4.74 Å². The number of nitrogens with zero attached hydrogens (tertiary/aromatic N) is 2. The monoisotopic (exact) mass is 360 g/mol. The summed E-state index contributed by atoms with van der Waals surface area (Å²) in [5.74, 6) is 0.423. The van der Waals surface area contributed by atoms with E-state index in [0.29, 0.717) is 10.1 Å². The van der Waals surface area contributed by atoms with Gasteiger partial charge in [-0.2, -0.15) is 0 Å². The summed E-state index contributed by atoms with van der Waals surface area (Å²) >= 11 is 1.27. The van der Waals surface area contributed by atoms with Crippen LogP contribution in [0.4, 0.5) is 5.13 Å². The average molecular weight is 360 g/mol. The number of hydrogen-bond donors (Lipinski definition) is 2. The summed E-state index contributed by atoms with van der Waals surface area (Å²) in [6.45, 7) is 1.66. The number of amides is 2. The molecule has 3 rings (SSSR count). The minimum atomic E-state index is -0.614. The van der Waals surface area contributed by atoms with Crippen molar-refractivity contribution < 1.29 is 14.3 Å². The predicted octanol–water partition coefficient (Wildman–Crippen LogP) is 2.46. The fourth-order valence-corrected chi connectivity index (χ4v) is 3.17. The molecule has 1 aliphatic carbocycles. The van der Waals surface area contributed by atoms with Crippen molar-refractivity contribution in [2.75, 3.05) is 12.4 Å². The van der Waals surface area contributed by atoms with Crippen LogP contribution in [0.1, 0.15) is 26.2 Å². The number of methoxy groups -OCH3 is 1. The molecule has 2 amide bonds. The number of carbonyl (C=O) groups excluding carboxylic acids is 2. The highest BCUT2D eigenvalue weighted by Crippen LogP contribution is 2.29. The quantitative estimate of drug-likeness (QED) is 0.825. The van der Waals surface area contributed by atoms with Crippen LogP contribution < -0.4 is 15.4 Å². The van der Waals surface area contributed by atoms with E-state index in [-0.39, 0.29) is 17.7 Å². The lowest BCUT2D eigenvalue weighted by atomic mass is 9.84. The van der Waals surface area contributed by atoms with Crippen LogP contribution in [-0.2, 0) is 9.59 Å². The van der Waals surface area contributed by atoms with Crippen LogP contribution in [0.3, 0.4) is 0 Å². The zero-order chi connectivity index (χ0) is 17.8. The molecule has 0 spiro atoms. The first kappa shape index (κ1) is 17.3. The van der Waals surface area contributed by atoms with E-state index in [0.717, 1.165) is 30.6 Å². The highest BCUT2D eigenvalue weighted by molar-refractivity contribution is 7.18. The Morgan fingerprint density at radius 3 is 2.80 bits per heavy atom. The molecule has 1 atom stereocenters. The largest absolute Gasteiger partial charge is 0.497 e. The van der Waals surface area contributed by atoms with Gasteiger partial charge >= 0.3 is 0 Å². The number of anilines is 1. The maximum atomic E-state index is 12.2. The van der Waals surface area contributed by atoms with Gasteiger partial charge in [-0.15, -0.1) is 10.2 Å². The molecule has 0 bridgehead atoms. The third-order valence-corrected chi connectivity index (χ3v) is 5.09. The van der Waals surface area contributed by atoms with Crippen molar-refractivity contribution in [3.05, 3.63) is 24.3 Å².